The highest BCUT2D eigenvalue weighted by Crippen LogP contribution is 2.31. The molecule has 4 aromatic rings. The third-order valence-electron chi connectivity index (χ3n) is 4.17. The Morgan fingerprint density at radius 2 is 2.00 bits per heavy atom. The minimum absolute atomic E-state index is 0.167. The van der Waals surface area contributed by atoms with E-state index < -0.39 is 0 Å². The van der Waals surface area contributed by atoms with Crippen LogP contribution in [0.5, 0.6) is 5.75 Å². The summed E-state index contributed by atoms with van der Waals surface area (Å²) >= 11 is 1.43. The SMILES string of the molecule is COc1cccc(-c2nn(Cc3cccc(F)c3)c(=O)c3nc(C)sc23)c1. The summed E-state index contributed by atoms with van der Waals surface area (Å²) in [6.07, 6.45) is 0. The number of halogens is 1. The highest BCUT2D eigenvalue weighted by atomic mass is 32.1. The Morgan fingerprint density at radius 1 is 1.19 bits per heavy atom. The zero-order chi connectivity index (χ0) is 19.0. The van der Waals surface area contributed by atoms with Crippen molar-refractivity contribution in [3.05, 3.63) is 75.3 Å². The van der Waals surface area contributed by atoms with Crippen LogP contribution in [0.15, 0.2) is 53.3 Å². The van der Waals surface area contributed by atoms with Gasteiger partial charge in [0.05, 0.1) is 23.4 Å². The molecular formula is C20H16FN3O2S. The average molecular weight is 381 g/mol. The van der Waals surface area contributed by atoms with E-state index in [1.807, 2.05) is 31.2 Å². The van der Waals surface area contributed by atoms with Gasteiger partial charge in [-0.25, -0.2) is 14.1 Å². The molecule has 0 fully saturated rings. The Bertz CT molecular complexity index is 1200. The molecule has 4 rings (SSSR count). The molecule has 0 bridgehead atoms. The van der Waals surface area contributed by atoms with Crippen molar-refractivity contribution in [1.82, 2.24) is 14.8 Å². The molecule has 0 aliphatic rings. The fraction of sp³-hybridized carbons (Fsp3) is 0.150. The van der Waals surface area contributed by atoms with E-state index in [0.717, 1.165) is 15.3 Å². The van der Waals surface area contributed by atoms with Crippen molar-refractivity contribution in [1.29, 1.82) is 0 Å². The van der Waals surface area contributed by atoms with Crippen molar-refractivity contribution in [2.24, 2.45) is 0 Å². The smallest absolute Gasteiger partial charge is 0.294 e. The molecule has 5 nitrogen and oxygen atoms in total. The minimum Gasteiger partial charge on any atom is -0.497 e. The van der Waals surface area contributed by atoms with Crippen molar-refractivity contribution >= 4 is 21.6 Å². The lowest BCUT2D eigenvalue weighted by molar-refractivity contribution is 0.415. The number of methoxy groups -OCH3 is 1. The van der Waals surface area contributed by atoms with E-state index in [0.29, 0.717) is 22.5 Å². The molecule has 0 radical (unpaired) electrons. The molecule has 136 valence electrons. The van der Waals surface area contributed by atoms with Crippen LogP contribution >= 0.6 is 11.3 Å². The molecule has 0 N–H and O–H groups in total. The van der Waals surface area contributed by atoms with Gasteiger partial charge in [0, 0.05) is 5.56 Å². The Balaban J connectivity index is 1.92. The first-order valence-corrected chi connectivity index (χ1v) is 9.14. The van der Waals surface area contributed by atoms with Crippen molar-refractivity contribution in [3.8, 4) is 17.0 Å². The fourth-order valence-electron chi connectivity index (χ4n) is 2.94. The van der Waals surface area contributed by atoms with Crippen LogP contribution in [0.1, 0.15) is 10.6 Å². The maximum absolute atomic E-state index is 13.5. The normalized spacial score (nSPS) is 11.1. The number of fused-ring (bicyclic) bond motifs is 1. The summed E-state index contributed by atoms with van der Waals surface area (Å²) in [5.41, 5.74) is 2.24. The van der Waals surface area contributed by atoms with Gasteiger partial charge in [-0.2, -0.15) is 5.10 Å². The maximum Gasteiger partial charge on any atom is 0.294 e. The number of ether oxygens (including phenoxy) is 1. The van der Waals surface area contributed by atoms with Gasteiger partial charge in [0.2, 0.25) is 0 Å². The first-order chi connectivity index (χ1) is 13.0. The van der Waals surface area contributed by atoms with Crippen molar-refractivity contribution in [3.63, 3.8) is 0 Å². The van der Waals surface area contributed by atoms with Crippen molar-refractivity contribution in [2.45, 2.75) is 13.5 Å². The summed E-state index contributed by atoms with van der Waals surface area (Å²) in [4.78, 5) is 17.3. The lowest BCUT2D eigenvalue weighted by Crippen LogP contribution is -2.24. The number of rotatable bonds is 4. The summed E-state index contributed by atoms with van der Waals surface area (Å²) in [7, 11) is 1.60. The molecule has 7 heteroatoms. The molecule has 0 saturated heterocycles. The van der Waals surface area contributed by atoms with Crippen LogP contribution in [-0.2, 0) is 6.54 Å². The molecule has 0 saturated carbocycles. The lowest BCUT2D eigenvalue weighted by Gasteiger charge is -2.10. The topological polar surface area (TPSA) is 57.0 Å². The number of nitrogens with zero attached hydrogens (tertiary/aromatic N) is 3. The van der Waals surface area contributed by atoms with Crippen LogP contribution in [0, 0.1) is 12.7 Å². The highest BCUT2D eigenvalue weighted by Gasteiger charge is 2.17. The van der Waals surface area contributed by atoms with Crippen molar-refractivity contribution < 1.29 is 9.13 Å². The number of aryl methyl sites for hydroxylation is 1. The second-order valence-electron chi connectivity index (χ2n) is 6.08. The summed E-state index contributed by atoms with van der Waals surface area (Å²) in [6, 6.07) is 13.6. The first kappa shape index (κ1) is 17.4. The first-order valence-electron chi connectivity index (χ1n) is 8.32. The number of thiazole rings is 1. The van der Waals surface area contributed by atoms with Gasteiger partial charge in [0.25, 0.3) is 5.56 Å². The van der Waals surface area contributed by atoms with Crippen LogP contribution in [-0.4, -0.2) is 21.9 Å². The minimum atomic E-state index is -0.348. The quantitative estimate of drug-likeness (QED) is 0.536. The molecule has 2 heterocycles. The van der Waals surface area contributed by atoms with E-state index in [1.165, 1.54) is 28.2 Å². The van der Waals surface area contributed by atoms with Gasteiger partial charge in [-0.3, -0.25) is 4.79 Å². The van der Waals surface area contributed by atoms with E-state index in [-0.39, 0.29) is 17.9 Å². The molecule has 0 spiro atoms. The second-order valence-corrected chi connectivity index (χ2v) is 7.29. The lowest BCUT2D eigenvalue weighted by atomic mass is 10.1. The summed E-state index contributed by atoms with van der Waals surface area (Å²) in [5.74, 6) is 0.353. The standard InChI is InChI=1S/C20H16FN3O2S/c1-12-22-18-19(27-12)17(14-6-4-8-16(10-14)26-2)23-24(20(18)25)11-13-5-3-7-15(21)9-13/h3-10H,11H2,1-2H3. The largest absolute Gasteiger partial charge is 0.497 e. The maximum atomic E-state index is 13.5. The van der Waals surface area contributed by atoms with Gasteiger partial charge in [0.15, 0.2) is 5.52 Å². The zero-order valence-electron chi connectivity index (χ0n) is 14.8. The van der Waals surface area contributed by atoms with Crippen LogP contribution in [0.25, 0.3) is 21.5 Å². The van der Waals surface area contributed by atoms with Crippen LogP contribution in [0.4, 0.5) is 4.39 Å². The van der Waals surface area contributed by atoms with Gasteiger partial charge in [-0.05, 0) is 36.8 Å². The van der Waals surface area contributed by atoms with Gasteiger partial charge < -0.3 is 4.74 Å². The number of hydrogen-bond acceptors (Lipinski definition) is 5. The monoisotopic (exact) mass is 381 g/mol. The zero-order valence-corrected chi connectivity index (χ0v) is 15.6. The molecule has 0 atom stereocenters. The number of hydrogen-bond donors (Lipinski definition) is 0. The van der Waals surface area contributed by atoms with Crippen LogP contribution in [0.3, 0.4) is 0 Å². The fourth-order valence-corrected chi connectivity index (χ4v) is 3.86. The van der Waals surface area contributed by atoms with Gasteiger partial charge >= 0.3 is 0 Å². The molecular weight excluding hydrogens is 365 g/mol. The second kappa shape index (κ2) is 6.92. The molecule has 0 aliphatic heterocycles. The molecule has 0 aliphatic carbocycles. The number of benzene rings is 2. The van der Waals surface area contributed by atoms with Gasteiger partial charge in [-0.1, -0.05) is 24.3 Å². The van der Waals surface area contributed by atoms with Crippen molar-refractivity contribution in [2.75, 3.05) is 7.11 Å². The summed E-state index contributed by atoms with van der Waals surface area (Å²) in [6.45, 7) is 2.02. The Labute approximate surface area is 158 Å². The predicted octanol–water partition coefficient (Wildman–Crippen LogP) is 4.02. The Kier molecular flexibility index (Phi) is 4.45. The van der Waals surface area contributed by atoms with E-state index in [2.05, 4.69) is 10.1 Å². The molecule has 2 aromatic carbocycles. The molecule has 27 heavy (non-hydrogen) atoms. The molecule has 2 aromatic heterocycles. The third-order valence-corrected chi connectivity index (χ3v) is 5.15. The number of aromatic nitrogens is 3. The van der Waals surface area contributed by atoms with E-state index in [1.54, 1.807) is 19.2 Å². The molecule has 0 unspecified atom stereocenters. The Hall–Kier alpha value is -3.06. The Morgan fingerprint density at radius 3 is 2.78 bits per heavy atom. The van der Waals surface area contributed by atoms with E-state index in [4.69, 9.17) is 4.74 Å². The molecule has 0 amide bonds. The summed E-state index contributed by atoms with van der Waals surface area (Å²) in [5, 5.41) is 5.37. The van der Waals surface area contributed by atoms with Crippen LogP contribution in [0.2, 0.25) is 0 Å². The van der Waals surface area contributed by atoms with E-state index >= 15 is 0 Å². The average Bonchev–Trinajstić information content (AvgIpc) is 3.06. The third kappa shape index (κ3) is 3.33. The van der Waals surface area contributed by atoms with E-state index in [9.17, 15) is 9.18 Å². The predicted molar refractivity (Wildman–Crippen MR) is 104 cm³/mol. The van der Waals surface area contributed by atoms with Gasteiger partial charge in [0.1, 0.15) is 17.3 Å². The summed E-state index contributed by atoms with van der Waals surface area (Å²) < 4.78 is 20.9. The highest BCUT2D eigenvalue weighted by molar-refractivity contribution is 7.19. The van der Waals surface area contributed by atoms with Crippen LogP contribution < -0.4 is 10.3 Å². The van der Waals surface area contributed by atoms with Gasteiger partial charge in [-0.15, -0.1) is 11.3 Å².